The van der Waals surface area contributed by atoms with Gasteiger partial charge in [-0.3, -0.25) is 9.78 Å². The van der Waals surface area contributed by atoms with Crippen molar-refractivity contribution in [3.8, 4) is 11.3 Å². The Bertz CT molecular complexity index is 1390. The Morgan fingerprint density at radius 1 is 1.14 bits per heavy atom. The van der Waals surface area contributed by atoms with Gasteiger partial charge in [0.15, 0.2) is 16.8 Å². The molecule has 0 saturated carbocycles. The number of rotatable bonds is 7. The number of pyridine rings is 1. The topological polar surface area (TPSA) is 89.2 Å². The van der Waals surface area contributed by atoms with Crippen molar-refractivity contribution in [3.05, 3.63) is 72.2 Å². The number of nitrogens with zero attached hydrogens (tertiary/aromatic N) is 4. The summed E-state index contributed by atoms with van der Waals surface area (Å²) >= 11 is 0. The van der Waals surface area contributed by atoms with Crippen LogP contribution in [-0.2, 0) is 28.4 Å². The summed E-state index contributed by atoms with van der Waals surface area (Å²) in [7, 11) is -1.60. The van der Waals surface area contributed by atoms with E-state index in [9.17, 15) is 22.2 Å². The second-order valence-corrected chi connectivity index (χ2v) is 9.85. The molecule has 1 saturated heterocycles. The highest BCUT2D eigenvalue weighted by Gasteiger charge is 2.35. The van der Waals surface area contributed by atoms with Gasteiger partial charge >= 0.3 is 6.18 Å². The molecule has 0 aliphatic carbocycles. The van der Waals surface area contributed by atoms with Crippen molar-refractivity contribution >= 4 is 27.7 Å². The van der Waals surface area contributed by atoms with E-state index in [1.807, 2.05) is 18.2 Å². The molecule has 0 N–H and O–H groups in total. The first-order valence-electron chi connectivity index (χ1n) is 11.3. The van der Waals surface area contributed by atoms with Crippen molar-refractivity contribution in [2.24, 2.45) is 0 Å². The van der Waals surface area contributed by atoms with Crippen molar-refractivity contribution in [3.63, 3.8) is 0 Å². The number of hydrogen-bond acceptors (Lipinski definition) is 6. The number of Topliss-reactive ketones (excluding diaryl/α,β-unsaturated/α-hetero) is 1. The van der Waals surface area contributed by atoms with E-state index in [1.165, 1.54) is 12.3 Å². The third-order valence-corrected chi connectivity index (χ3v) is 7.49. The smallest absolute Gasteiger partial charge is 0.417 e. The number of furan rings is 1. The van der Waals surface area contributed by atoms with Crippen molar-refractivity contribution in [2.75, 3.05) is 6.54 Å². The number of ketones is 1. The number of halogens is 3. The van der Waals surface area contributed by atoms with Gasteiger partial charge in [-0.15, -0.1) is 0 Å². The maximum atomic E-state index is 13.2. The molecular weight excluding hydrogens is 493 g/mol. The van der Waals surface area contributed by atoms with E-state index < -0.39 is 28.8 Å². The average molecular weight is 515 g/mol. The zero-order valence-electron chi connectivity index (χ0n) is 18.9. The molecule has 5 rings (SSSR count). The SMILES string of the molecule is O=C(CCc1cc(-c2ccc(C(F)(F)F)cn2)cnn1)[C@@H]1CCCN1S(=O)c1cc2ccccc2o1. The molecule has 186 valence electrons. The lowest BCUT2D eigenvalue weighted by Gasteiger charge is -2.20. The lowest BCUT2D eigenvalue weighted by molar-refractivity contribution is -0.137. The number of carbonyl (C=O) groups excluding carboxylic acids is 1. The van der Waals surface area contributed by atoms with E-state index in [4.69, 9.17) is 4.42 Å². The van der Waals surface area contributed by atoms with Gasteiger partial charge in [0.25, 0.3) is 0 Å². The largest absolute Gasteiger partial charge is 0.446 e. The predicted octanol–water partition coefficient (Wildman–Crippen LogP) is 4.99. The number of carbonyl (C=O) groups is 1. The van der Waals surface area contributed by atoms with Gasteiger partial charge in [-0.1, -0.05) is 18.2 Å². The zero-order valence-corrected chi connectivity index (χ0v) is 19.8. The van der Waals surface area contributed by atoms with E-state index >= 15 is 0 Å². The van der Waals surface area contributed by atoms with Crippen LogP contribution in [0.1, 0.15) is 30.5 Å². The van der Waals surface area contributed by atoms with Crippen LogP contribution < -0.4 is 0 Å². The molecule has 7 nitrogen and oxygen atoms in total. The van der Waals surface area contributed by atoms with Gasteiger partial charge in [0.1, 0.15) is 5.58 Å². The number of benzene rings is 1. The second kappa shape index (κ2) is 9.90. The number of aromatic nitrogens is 3. The van der Waals surface area contributed by atoms with Crippen LogP contribution in [0.3, 0.4) is 0 Å². The van der Waals surface area contributed by atoms with Gasteiger partial charge < -0.3 is 4.42 Å². The van der Waals surface area contributed by atoms with Crippen LogP contribution in [0.2, 0.25) is 0 Å². The molecule has 0 bridgehead atoms. The minimum Gasteiger partial charge on any atom is -0.446 e. The molecule has 0 radical (unpaired) electrons. The van der Waals surface area contributed by atoms with Crippen LogP contribution in [-0.4, -0.2) is 42.1 Å². The van der Waals surface area contributed by atoms with E-state index in [2.05, 4.69) is 15.2 Å². The second-order valence-electron chi connectivity index (χ2n) is 8.48. The summed E-state index contributed by atoms with van der Waals surface area (Å²) in [4.78, 5) is 16.9. The van der Waals surface area contributed by atoms with Crippen LogP contribution in [0.15, 0.2) is 70.4 Å². The van der Waals surface area contributed by atoms with Crippen molar-refractivity contribution in [2.45, 2.75) is 43.0 Å². The molecule has 1 fully saturated rings. The normalized spacial score (nSPS) is 17.5. The lowest BCUT2D eigenvalue weighted by atomic mass is 10.0. The molecule has 1 unspecified atom stereocenters. The average Bonchev–Trinajstić information content (AvgIpc) is 3.54. The van der Waals surface area contributed by atoms with Crippen molar-refractivity contribution < 1.29 is 26.6 Å². The summed E-state index contributed by atoms with van der Waals surface area (Å²) in [5.41, 5.74) is 1.16. The number of alkyl halides is 3. The molecule has 0 spiro atoms. The van der Waals surface area contributed by atoms with Crippen LogP contribution >= 0.6 is 0 Å². The Balaban J connectivity index is 1.25. The minimum absolute atomic E-state index is 0.0585. The van der Waals surface area contributed by atoms with Crippen molar-refractivity contribution in [1.29, 1.82) is 0 Å². The molecule has 1 aliphatic heterocycles. The summed E-state index contributed by atoms with van der Waals surface area (Å²) in [5, 5.41) is 9.13. The summed E-state index contributed by atoms with van der Waals surface area (Å²) in [5.74, 6) is -0.0585. The Kier molecular flexibility index (Phi) is 6.67. The number of aryl methyl sites for hydroxylation is 1. The third-order valence-electron chi connectivity index (χ3n) is 6.08. The molecule has 36 heavy (non-hydrogen) atoms. The maximum Gasteiger partial charge on any atom is 0.417 e. The van der Waals surface area contributed by atoms with Gasteiger partial charge in [-0.25, -0.2) is 8.51 Å². The van der Waals surface area contributed by atoms with Gasteiger partial charge in [0, 0.05) is 36.2 Å². The molecule has 1 aliphatic rings. The van der Waals surface area contributed by atoms with Crippen molar-refractivity contribution in [1.82, 2.24) is 19.5 Å². The first-order valence-corrected chi connectivity index (χ1v) is 12.5. The summed E-state index contributed by atoms with van der Waals surface area (Å²) < 4.78 is 59.0. The fraction of sp³-hybridized carbons (Fsp3) is 0.280. The van der Waals surface area contributed by atoms with E-state index in [0.29, 0.717) is 47.0 Å². The van der Waals surface area contributed by atoms with Gasteiger partial charge in [0.2, 0.25) is 5.09 Å². The molecule has 0 amide bonds. The number of fused-ring (bicyclic) bond motifs is 1. The van der Waals surface area contributed by atoms with Gasteiger partial charge in [0.05, 0.1) is 29.2 Å². The van der Waals surface area contributed by atoms with Crippen LogP contribution in [0, 0.1) is 0 Å². The van der Waals surface area contributed by atoms with E-state index in [-0.39, 0.29) is 12.2 Å². The Hall–Kier alpha value is -3.44. The maximum absolute atomic E-state index is 13.2. The molecule has 11 heteroatoms. The molecule has 2 atom stereocenters. The number of para-hydroxylation sites is 1. The molecule has 4 heterocycles. The Morgan fingerprint density at radius 3 is 2.72 bits per heavy atom. The fourth-order valence-electron chi connectivity index (χ4n) is 4.24. The first-order chi connectivity index (χ1) is 17.3. The molecule has 4 aromatic rings. The highest BCUT2D eigenvalue weighted by atomic mass is 32.2. The summed E-state index contributed by atoms with van der Waals surface area (Å²) in [6.07, 6.45) is -0.468. The number of hydrogen-bond donors (Lipinski definition) is 0. The summed E-state index contributed by atoms with van der Waals surface area (Å²) in [6.45, 7) is 0.523. The quantitative estimate of drug-likeness (QED) is 0.345. The van der Waals surface area contributed by atoms with Gasteiger partial charge in [-0.05, 0) is 43.5 Å². The van der Waals surface area contributed by atoms with E-state index in [0.717, 1.165) is 24.1 Å². The molecular formula is C25H21F3N4O3S. The Morgan fingerprint density at radius 2 is 1.97 bits per heavy atom. The lowest BCUT2D eigenvalue weighted by Crippen LogP contribution is -2.37. The van der Waals surface area contributed by atoms with Crippen LogP contribution in [0.5, 0.6) is 0 Å². The molecule has 1 aromatic carbocycles. The monoisotopic (exact) mass is 514 g/mol. The standard InChI is InChI=1S/C25H21F3N4O3S/c26-25(27,28)18-7-9-20(29-15-18)17-12-19(31-30-14-17)8-10-22(33)21-5-3-11-32(21)36(34)24-13-16-4-1-2-6-23(16)35-24/h1-2,4,6-7,9,12-15,21H,3,5,8,10-11H2/t21-,36?/m0/s1. The van der Waals surface area contributed by atoms with Crippen LogP contribution in [0.4, 0.5) is 13.2 Å². The Labute approximate surface area is 206 Å². The van der Waals surface area contributed by atoms with Gasteiger partial charge in [-0.2, -0.15) is 23.4 Å². The molecule has 3 aromatic heterocycles. The highest BCUT2D eigenvalue weighted by molar-refractivity contribution is 7.82. The summed E-state index contributed by atoms with van der Waals surface area (Å²) in [6, 6.07) is 12.5. The van der Waals surface area contributed by atoms with Crippen LogP contribution in [0.25, 0.3) is 22.2 Å². The zero-order chi connectivity index (χ0) is 25.3. The third kappa shape index (κ3) is 5.07. The fourth-order valence-corrected chi connectivity index (χ4v) is 5.61. The first kappa shape index (κ1) is 24.3. The minimum atomic E-state index is -4.46. The highest BCUT2D eigenvalue weighted by Crippen LogP contribution is 2.30. The predicted molar refractivity (Wildman–Crippen MR) is 126 cm³/mol. The van der Waals surface area contributed by atoms with E-state index in [1.54, 1.807) is 22.5 Å².